The van der Waals surface area contributed by atoms with Gasteiger partial charge in [0.15, 0.2) is 5.82 Å². The fourth-order valence-electron chi connectivity index (χ4n) is 4.11. The molecular weight excluding hydrogens is 384 g/mol. The fourth-order valence-corrected chi connectivity index (χ4v) is 4.28. The van der Waals surface area contributed by atoms with Crippen LogP contribution in [-0.4, -0.2) is 52.7 Å². The van der Waals surface area contributed by atoms with Gasteiger partial charge < -0.3 is 14.9 Å². The number of aromatic hydroxyl groups is 1. The second-order valence-electron chi connectivity index (χ2n) is 8.17. The van der Waals surface area contributed by atoms with Crippen molar-refractivity contribution in [2.45, 2.75) is 26.3 Å². The van der Waals surface area contributed by atoms with Crippen molar-refractivity contribution < 1.29 is 5.11 Å². The predicted octanol–water partition coefficient (Wildman–Crippen LogP) is 4.82. The quantitative estimate of drug-likeness (QED) is 0.653. The lowest BCUT2D eigenvalue weighted by Crippen LogP contribution is -2.31. The summed E-state index contributed by atoms with van der Waals surface area (Å²) in [6.07, 6.45) is 1.20. The molecule has 1 atom stereocenters. The van der Waals surface area contributed by atoms with E-state index in [2.05, 4.69) is 35.7 Å². The van der Waals surface area contributed by atoms with Crippen molar-refractivity contribution in [3.63, 3.8) is 0 Å². The third-order valence-corrected chi connectivity index (χ3v) is 5.96. The maximum atomic E-state index is 10.3. The van der Waals surface area contributed by atoms with Crippen LogP contribution in [0.3, 0.4) is 0 Å². The van der Waals surface area contributed by atoms with Crippen molar-refractivity contribution in [3.05, 3.63) is 47.5 Å². The third kappa shape index (κ3) is 4.16. The van der Waals surface area contributed by atoms with E-state index >= 15 is 0 Å². The average molecular weight is 411 g/mol. The van der Waals surface area contributed by atoms with E-state index in [1.54, 1.807) is 12.1 Å². The second-order valence-corrected chi connectivity index (χ2v) is 8.61. The zero-order chi connectivity index (χ0) is 20.5. The van der Waals surface area contributed by atoms with Gasteiger partial charge in [-0.25, -0.2) is 9.97 Å². The molecule has 1 unspecified atom stereocenters. The van der Waals surface area contributed by atoms with Gasteiger partial charge >= 0.3 is 0 Å². The summed E-state index contributed by atoms with van der Waals surface area (Å²) in [5.41, 5.74) is 1.40. The number of hydrogen-bond donors (Lipinski definition) is 1. The van der Waals surface area contributed by atoms with E-state index in [0.29, 0.717) is 28.4 Å². The van der Waals surface area contributed by atoms with Crippen LogP contribution in [0, 0.1) is 5.92 Å². The molecule has 0 amide bonds. The van der Waals surface area contributed by atoms with Gasteiger partial charge in [0, 0.05) is 36.6 Å². The molecule has 0 saturated carbocycles. The van der Waals surface area contributed by atoms with E-state index in [0.717, 1.165) is 36.4 Å². The van der Waals surface area contributed by atoms with Crippen LogP contribution in [0.2, 0.25) is 5.02 Å². The predicted molar refractivity (Wildman–Crippen MR) is 120 cm³/mol. The molecule has 3 aromatic rings. The van der Waals surface area contributed by atoms with Crippen LogP contribution in [0.4, 0.5) is 5.82 Å². The van der Waals surface area contributed by atoms with E-state index in [1.165, 1.54) is 6.42 Å². The van der Waals surface area contributed by atoms with Gasteiger partial charge in [-0.2, -0.15) is 0 Å². The molecule has 6 heteroatoms. The first-order chi connectivity index (χ1) is 13.9. The molecular formula is C23H27ClN4O. The second kappa shape index (κ2) is 8.17. The van der Waals surface area contributed by atoms with E-state index in [-0.39, 0.29) is 5.75 Å². The molecule has 1 N–H and O–H groups in total. The summed E-state index contributed by atoms with van der Waals surface area (Å²) in [6.45, 7) is 7.71. The van der Waals surface area contributed by atoms with Gasteiger partial charge in [0.2, 0.25) is 0 Å². The van der Waals surface area contributed by atoms with Crippen LogP contribution in [0.25, 0.3) is 22.3 Å². The summed E-state index contributed by atoms with van der Waals surface area (Å²) in [6, 6.07) is 13.5. The number of anilines is 1. The lowest BCUT2D eigenvalue weighted by molar-refractivity contribution is 0.265. The highest BCUT2D eigenvalue weighted by Gasteiger charge is 2.26. The standard InChI is InChI=1S/C23H27ClN4O/c1-15(2)28-11-10-16(14-28)13-27(3)23-18-9-8-17(24)12-20(18)25-22(26-23)19-6-4-5-7-21(19)29/h4-9,12,15-16,29H,10-11,13-14H2,1-3H3. The summed E-state index contributed by atoms with van der Waals surface area (Å²) in [5.74, 6) is 2.15. The highest BCUT2D eigenvalue weighted by molar-refractivity contribution is 6.31. The Balaban J connectivity index is 1.71. The van der Waals surface area contributed by atoms with Crippen molar-refractivity contribution in [2.75, 3.05) is 31.6 Å². The Labute approximate surface area is 177 Å². The highest BCUT2D eigenvalue weighted by Crippen LogP contribution is 2.33. The van der Waals surface area contributed by atoms with Gasteiger partial charge in [-0.1, -0.05) is 23.7 Å². The zero-order valence-corrected chi connectivity index (χ0v) is 17.9. The Morgan fingerprint density at radius 3 is 2.72 bits per heavy atom. The van der Waals surface area contributed by atoms with Crippen molar-refractivity contribution in [2.24, 2.45) is 5.92 Å². The Morgan fingerprint density at radius 1 is 1.21 bits per heavy atom. The molecule has 0 radical (unpaired) electrons. The molecule has 152 valence electrons. The molecule has 1 aliphatic heterocycles. The number of benzene rings is 2. The SMILES string of the molecule is CC(C)N1CCC(CN(C)c2nc(-c3ccccc3O)nc3cc(Cl)ccc23)C1. The monoisotopic (exact) mass is 410 g/mol. The van der Waals surface area contributed by atoms with Gasteiger partial charge in [0.25, 0.3) is 0 Å². The van der Waals surface area contributed by atoms with Gasteiger partial charge in [-0.3, -0.25) is 0 Å². The van der Waals surface area contributed by atoms with Crippen molar-refractivity contribution in [1.82, 2.24) is 14.9 Å². The zero-order valence-electron chi connectivity index (χ0n) is 17.1. The summed E-state index contributed by atoms with van der Waals surface area (Å²) < 4.78 is 0. The first-order valence-corrected chi connectivity index (χ1v) is 10.5. The molecule has 2 aromatic carbocycles. The number of fused-ring (bicyclic) bond motifs is 1. The normalized spacial score (nSPS) is 17.3. The number of phenolic OH excluding ortho intramolecular Hbond substituents is 1. The number of para-hydroxylation sites is 1. The number of rotatable bonds is 5. The third-order valence-electron chi connectivity index (χ3n) is 5.72. The molecule has 0 spiro atoms. The Kier molecular flexibility index (Phi) is 5.61. The average Bonchev–Trinajstić information content (AvgIpc) is 3.16. The van der Waals surface area contributed by atoms with Crippen LogP contribution in [0.15, 0.2) is 42.5 Å². The Bertz CT molecular complexity index is 1020. The molecule has 1 aromatic heterocycles. The number of phenols is 1. The molecule has 1 fully saturated rings. The van der Waals surface area contributed by atoms with Crippen molar-refractivity contribution >= 4 is 28.3 Å². The number of halogens is 1. The molecule has 29 heavy (non-hydrogen) atoms. The van der Waals surface area contributed by atoms with Crippen LogP contribution < -0.4 is 4.90 Å². The Hall–Kier alpha value is -2.37. The Morgan fingerprint density at radius 2 is 2.00 bits per heavy atom. The molecule has 0 bridgehead atoms. The van der Waals surface area contributed by atoms with Crippen LogP contribution >= 0.6 is 11.6 Å². The van der Waals surface area contributed by atoms with Gasteiger partial charge in [-0.15, -0.1) is 0 Å². The first-order valence-electron chi connectivity index (χ1n) is 10.1. The van der Waals surface area contributed by atoms with Crippen LogP contribution in [0.1, 0.15) is 20.3 Å². The van der Waals surface area contributed by atoms with Crippen LogP contribution in [0.5, 0.6) is 5.75 Å². The maximum absolute atomic E-state index is 10.3. The minimum Gasteiger partial charge on any atom is -0.507 e. The lowest BCUT2D eigenvalue weighted by atomic mass is 10.1. The molecule has 5 nitrogen and oxygen atoms in total. The smallest absolute Gasteiger partial charge is 0.165 e. The van der Waals surface area contributed by atoms with Crippen molar-refractivity contribution in [1.29, 1.82) is 0 Å². The maximum Gasteiger partial charge on any atom is 0.165 e. The minimum absolute atomic E-state index is 0.172. The molecule has 1 aliphatic rings. The van der Waals surface area contributed by atoms with E-state index in [4.69, 9.17) is 16.6 Å². The summed E-state index contributed by atoms with van der Waals surface area (Å²) in [5, 5.41) is 11.9. The summed E-state index contributed by atoms with van der Waals surface area (Å²) >= 11 is 6.23. The van der Waals surface area contributed by atoms with E-state index in [1.807, 2.05) is 30.3 Å². The number of nitrogens with zero attached hydrogens (tertiary/aromatic N) is 4. The fraction of sp³-hybridized carbons (Fsp3) is 0.391. The number of likely N-dealkylation sites (tertiary alicyclic amines) is 1. The molecule has 2 heterocycles. The first kappa shape index (κ1) is 19.9. The molecule has 0 aliphatic carbocycles. The van der Waals surface area contributed by atoms with Crippen LogP contribution in [-0.2, 0) is 0 Å². The van der Waals surface area contributed by atoms with Gasteiger partial charge in [0.1, 0.15) is 11.6 Å². The summed E-state index contributed by atoms with van der Waals surface area (Å²) in [4.78, 5) is 14.3. The van der Waals surface area contributed by atoms with Crippen molar-refractivity contribution in [3.8, 4) is 17.1 Å². The van der Waals surface area contributed by atoms with E-state index in [9.17, 15) is 5.11 Å². The molecule has 4 rings (SSSR count). The largest absolute Gasteiger partial charge is 0.507 e. The summed E-state index contributed by atoms with van der Waals surface area (Å²) in [7, 11) is 2.09. The molecule has 1 saturated heterocycles. The topological polar surface area (TPSA) is 52.5 Å². The number of hydrogen-bond acceptors (Lipinski definition) is 5. The van der Waals surface area contributed by atoms with E-state index < -0.39 is 0 Å². The highest BCUT2D eigenvalue weighted by atomic mass is 35.5. The minimum atomic E-state index is 0.172. The number of aromatic nitrogens is 2. The van der Waals surface area contributed by atoms with Gasteiger partial charge in [0.05, 0.1) is 11.1 Å². The lowest BCUT2D eigenvalue weighted by Gasteiger charge is -2.25. The van der Waals surface area contributed by atoms with Gasteiger partial charge in [-0.05, 0) is 63.1 Å².